The molecule has 1 aromatic carbocycles. The van der Waals surface area contributed by atoms with Crippen molar-refractivity contribution in [2.24, 2.45) is 0 Å². The second-order valence-electron chi connectivity index (χ2n) is 5.25. The van der Waals surface area contributed by atoms with Gasteiger partial charge in [-0.25, -0.2) is 0 Å². The summed E-state index contributed by atoms with van der Waals surface area (Å²) < 4.78 is 4.92. The number of halogens is 2. The van der Waals surface area contributed by atoms with Crippen molar-refractivity contribution in [2.75, 3.05) is 13.7 Å². The van der Waals surface area contributed by atoms with Crippen molar-refractivity contribution in [1.82, 2.24) is 9.88 Å². The lowest BCUT2D eigenvalue weighted by Gasteiger charge is -2.22. The van der Waals surface area contributed by atoms with E-state index in [9.17, 15) is 9.90 Å². The molecule has 0 unspecified atom stereocenters. The first-order valence-corrected chi connectivity index (χ1v) is 7.48. The zero-order valence-electron chi connectivity index (χ0n) is 12.1. The van der Waals surface area contributed by atoms with E-state index < -0.39 is 0 Å². The van der Waals surface area contributed by atoms with E-state index in [0.29, 0.717) is 17.4 Å². The molecule has 22 heavy (non-hydrogen) atoms. The Balaban J connectivity index is 2.16. The number of aromatic nitrogens is 1. The fourth-order valence-corrected chi connectivity index (χ4v) is 3.32. The number of pyridine rings is 1. The van der Waals surface area contributed by atoms with E-state index in [0.717, 1.165) is 11.1 Å². The van der Waals surface area contributed by atoms with E-state index in [4.69, 9.17) is 27.9 Å². The standard InChI is InChI=1S/C15H14Cl2N2O3/c1-7-12-8(5-19(7)11(21)6-22-2)4-18-15-9(12)3-10(20)13(16)14(15)17/h3-4,7,20H,5-6H2,1-2H3/t7-/m0/s1. The van der Waals surface area contributed by atoms with Crippen LogP contribution in [0.1, 0.15) is 24.1 Å². The molecule has 2 aromatic rings. The number of carbonyl (C=O) groups excluding carboxylic acids is 1. The summed E-state index contributed by atoms with van der Waals surface area (Å²) >= 11 is 12.1. The number of hydrogen-bond donors (Lipinski definition) is 1. The van der Waals surface area contributed by atoms with Gasteiger partial charge in [0, 0.05) is 25.2 Å². The number of amides is 1. The number of hydrogen-bond acceptors (Lipinski definition) is 4. The first kappa shape index (κ1) is 15.3. The molecule has 0 fully saturated rings. The molecule has 0 radical (unpaired) electrons. The Morgan fingerprint density at radius 3 is 2.91 bits per heavy atom. The van der Waals surface area contributed by atoms with Gasteiger partial charge in [-0.15, -0.1) is 0 Å². The molecule has 116 valence electrons. The number of rotatable bonds is 2. The number of nitrogens with zero attached hydrogens (tertiary/aromatic N) is 2. The minimum Gasteiger partial charge on any atom is -0.506 e. The molecule has 7 heteroatoms. The lowest BCUT2D eigenvalue weighted by Crippen LogP contribution is -2.31. The molecule has 1 aliphatic heterocycles. The van der Waals surface area contributed by atoms with Crippen LogP contribution in [0.25, 0.3) is 10.9 Å². The number of benzene rings is 1. The predicted molar refractivity (Wildman–Crippen MR) is 84.3 cm³/mol. The first-order valence-electron chi connectivity index (χ1n) is 6.72. The van der Waals surface area contributed by atoms with Gasteiger partial charge in [0.25, 0.3) is 0 Å². The Morgan fingerprint density at radius 2 is 2.23 bits per heavy atom. The molecule has 1 aliphatic rings. The van der Waals surface area contributed by atoms with Crippen LogP contribution >= 0.6 is 23.2 Å². The van der Waals surface area contributed by atoms with Crippen LogP contribution < -0.4 is 0 Å². The number of phenolic OH excluding ortho intramolecular Hbond substituents is 1. The molecule has 5 nitrogen and oxygen atoms in total. The van der Waals surface area contributed by atoms with Gasteiger partial charge >= 0.3 is 0 Å². The summed E-state index contributed by atoms with van der Waals surface area (Å²) in [6.45, 7) is 2.42. The highest BCUT2D eigenvalue weighted by Gasteiger charge is 2.32. The molecule has 1 N–H and O–H groups in total. The maximum Gasteiger partial charge on any atom is 0.249 e. The summed E-state index contributed by atoms with van der Waals surface area (Å²) in [7, 11) is 1.49. The van der Waals surface area contributed by atoms with Gasteiger partial charge in [-0.2, -0.15) is 0 Å². The quantitative estimate of drug-likeness (QED) is 0.910. The van der Waals surface area contributed by atoms with E-state index in [1.807, 2.05) is 6.92 Å². The summed E-state index contributed by atoms with van der Waals surface area (Å²) in [6.07, 6.45) is 1.70. The van der Waals surface area contributed by atoms with Gasteiger partial charge in [-0.3, -0.25) is 9.78 Å². The van der Waals surface area contributed by atoms with Crippen molar-refractivity contribution in [3.63, 3.8) is 0 Å². The third kappa shape index (κ3) is 2.20. The van der Waals surface area contributed by atoms with E-state index in [1.54, 1.807) is 17.2 Å². The fourth-order valence-electron chi connectivity index (χ4n) is 2.93. The summed E-state index contributed by atoms with van der Waals surface area (Å²) in [6, 6.07) is 1.40. The molecule has 0 saturated carbocycles. The van der Waals surface area contributed by atoms with Crippen LogP contribution in [0.2, 0.25) is 10.0 Å². The van der Waals surface area contributed by atoms with Gasteiger partial charge in [-0.1, -0.05) is 23.2 Å². The van der Waals surface area contributed by atoms with Gasteiger partial charge < -0.3 is 14.7 Å². The van der Waals surface area contributed by atoms with Gasteiger partial charge in [0.2, 0.25) is 5.91 Å². The summed E-state index contributed by atoms with van der Waals surface area (Å²) in [4.78, 5) is 18.2. The van der Waals surface area contributed by atoms with Gasteiger partial charge in [0.05, 0.1) is 16.6 Å². The minimum absolute atomic E-state index is 0.0293. The number of fused-ring (bicyclic) bond motifs is 3. The normalized spacial score (nSPS) is 17.1. The van der Waals surface area contributed by atoms with Crippen LogP contribution in [-0.4, -0.2) is 34.6 Å². The molecular weight excluding hydrogens is 327 g/mol. The molecule has 1 atom stereocenters. The van der Waals surface area contributed by atoms with Crippen molar-refractivity contribution in [3.8, 4) is 5.75 Å². The fraction of sp³-hybridized carbons (Fsp3) is 0.333. The smallest absolute Gasteiger partial charge is 0.249 e. The van der Waals surface area contributed by atoms with Crippen LogP contribution in [0.5, 0.6) is 5.75 Å². The first-order chi connectivity index (χ1) is 10.5. The molecule has 1 aromatic heterocycles. The number of carbonyl (C=O) groups is 1. The Kier molecular flexibility index (Phi) is 3.89. The van der Waals surface area contributed by atoms with E-state index in [2.05, 4.69) is 4.98 Å². The lowest BCUT2D eigenvalue weighted by molar-refractivity contribution is -0.137. The van der Waals surface area contributed by atoms with Crippen molar-refractivity contribution in [2.45, 2.75) is 19.5 Å². The topological polar surface area (TPSA) is 62.7 Å². The van der Waals surface area contributed by atoms with Crippen molar-refractivity contribution in [1.29, 1.82) is 0 Å². The third-order valence-electron chi connectivity index (χ3n) is 3.96. The Labute approximate surface area is 137 Å². The SMILES string of the molecule is COCC(=O)N1Cc2cnc3c(Cl)c(Cl)c(O)cc3c2[C@@H]1C. The maximum atomic E-state index is 12.1. The maximum absolute atomic E-state index is 12.1. The summed E-state index contributed by atoms with van der Waals surface area (Å²) in [5, 5.41) is 10.9. The third-order valence-corrected chi connectivity index (χ3v) is 4.81. The second-order valence-corrected chi connectivity index (χ2v) is 6.00. The zero-order valence-corrected chi connectivity index (χ0v) is 13.6. The van der Waals surface area contributed by atoms with Crippen LogP contribution in [0.3, 0.4) is 0 Å². The highest BCUT2D eigenvalue weighted by atomic mass is 35.5. The van der Waals surface area contributed by atoms with E-state index >= 15 is 0 Å². The van der Waals surface area contributed by atoms with Crippen LogP contribution in [-0.2, 0) is 16.1 Å². The highest BCUT2D eigenvalue weighted by molar-refractivity contribution is 6.46. The Bertz CT molecular complexity index is 779. The Hall–Kier alpha value is -1.56. The molecule has 1 amide bonds. The van der Waals surface area contributed by atoms with Gasteiger partial charge in [-0.05, 0) is 24.1 Å². The number of phenols is 1. The van der Waals surface area contributed by atoms with E-state index in [-0.39, 0.29) is 34.4 Å². The van der Waals surface area contributed by atoms with Crippen LogP contribution in [0, 0.1) is 0 Å². The molecule has 0 aliphatic carbocycles. The monoisotopic (exact) mass is 340 g/mol. The average Bonchev–Trinajstić information content (AvgIpc) is 2.83. The molecule has 2 heterocycles. The lowest BCUT2D eigenvalue weighted by atomic mass is 10.0. The summed E-state index contributed by atoms with van der Waals surface area (Å²) in [5.74, 6) is -0.188. The zero-order chi connectivity index (χ0) is 16.0. The van der Waals surface area contributed by atoms with Gasteiger partial charge in [0.15, 0.2) is 0 Å². The van der Waals surface area contributed by atoms with Crippen molar-refractivity contribution in [3.05, 3.63) is 33.4 Å². The van der Waals surface area contributed by atoms with E-state index in [1.165, 1.54) is 7.11 Å². The second kappa shape index (κ2) is 5.57. The Morgan fingerprint density at radius 1 is 1.50 bits per heavy atom. The molecular formula is C15H14Cl2N2O3. The molecule has 0 saturated heterocycles. The summed E-state index contributed by atoms with van der Waals surface area (Å²) in [5.41, 5.74) is 2.39. The van der Waals surface area contributed by atoms with Crippen molar-refractivity contribution >= 4 is 40.0 Å². The number of methoxy groups -OCH3 is 1. The minimum atomic E-state index is -0.153. The van der Waals surface area contributed by atoms with Crippen molar-refractivity contribution < 1.29 is 14.6 Å². The largest absolute Gasteiger partial charge is 0.506 e. The van der Waals surface area contributed by atoms with Crippen LogP contribution in [0.4, 0.5) is 0 Å². The number of aromatic hydroxyl groups is 1. The average molecular weight is 341 g/mol. The van der Waals surface area contributed by atoms with Crippen LogP contribution in [0.15, 0.2) is 12.3 Å². The molecule has 0 bridgehead atoms. The molecule has 0 spiro atoms. The highest BCUT2D eigenvalue weighted by Crippen LogP contribution is 2.43. The predicted octanol–water partition coefficient (Wildman–Crippen LogP) is 3.30. The van der Waals surface area contributed by atoms with Gasteiger partial charge in [0.1, 0.15) is 17.4 Å². The molecule has 3 rings (SSSR count). The number of ether oxygens (including phenoxy) is 1.